The fourth-order valence-corrected chi connectivity index (χ4v) is 4.98. The smallest absolute Gasteiger partial charge is 0.263 e. The minimum atomic E-state index is -0.450. The Kier molecular flexibility index (Phi) is 4.72. The summed E-state index contributed by atoms with van der Waals surface area (Å²) in [7, 11) is 0. The van der Waals surface area contributed by atoms with Gasteiger partial charge in [0, 0.05) is 31.9 Å². The first kappa shape index (κ1) is 18.1. The van der Waals surface area contributed by atoms with Crippen LogP contribution in [0.5, 0.6) is 0 Å². The Labute approximate surface area is 163 Å². The molecule has 3 aliphatic rings. The summed E-state index contributed by atoms with van der Waals surface area (Å²) in [6, 6.07) is 7.76. The summed E-state index contributed by atoms with van der Waals surface area (Å²) in [4.78, 5) is 36.8. The number of amides is 2. The number of benzene rings is 1. The second kappa shape index (κ2) is 7.03. The van der Waals surface area contributed by atoms with Crippen LogP contribution in [0.4, 0.5) is 0 Å². The van der Waals surface area contributed by atoms with E-state index >= 15 is 0 Å². The molecule has 1 aromatic carbocycles. The maximum Gasteiger partial charge on any atom is 0.263 e. The molecule has 0 radical (unpaired) electrons. The van der Waals surface area contributed by atoms with E-state index in [1.54, 1.807) is 4.90 Å². The van der Waals surface area contributed by atoms with Crippen molar-refractivity contribution in [2.45, 2.75) is 33.4 Å². The average Bonchev–Trinajstić information content (AvgIpc) is 3.22. The number of piperazine rings is 1. The van der Waals surface area contributed by atoms with Gasteiger partial charge in [0.05, 0.1) is 11.4 Å². The molecule has 142 valence electrons. The molecule has 0 aliphatic carbocycles. The van der Waals surface area contributed by atoms with Crippen LogP contribution < -0.4 is 0 Å². The average molecular weight is 385 g/mol. The largest absolute Gasteiger partial charge is 0.335 e. The van der Waals surface area contributed by atoms with E-state index in [2.05, 4.69) is 28.9 Å². The van der Waals surface area contributed by atoms with E-state index in [9.17, 15) is 9.59 Å². The second-order valence-corrected chi connectivity index (χ2v) is 8.23. The molecule has 0 unspecified atom stereocenters. The lowest BCUT2D eigenvalue weighted by molar-refractivity contribution is -0.149. The number of carbonyl (C=O) groups excluding carboxylic acids is 2. The Morgan fingerprint density at radius 3 is 2.81 bits per heavy atom. The molecule has 2 amide bonds. The van der Waals surface area contributed by atoms with Crippen molar-refractivity contribution >= 4 is 28.7 Å². The monoisotopic (exact) mass is 384 g/mol. The lowest BCUT2D eigenvalue weighted by Crippen LogP contribution is -2.57. The zero-order valence-electron chi connectivity index (χ0n) is 15.9. The van der Waals surface area contributed by atoms with Gasteiger partial charge in [-0.15, -0.1) is 0 Å². The van der Waals surface area contributed by atoms with Gasteiger partial charge >= 0.3 is 0 Å². The third kappa shape index (κ3) is 3.25. The van der Waals surface area contributed by atoms with Gasteiger partial charge in [0.1, 0.15) is 6.04 Å². The highest BCUT2D eigenvalue weighted by atomic mass is 32.2. The predicted molar refractivity (Wildman–Crippen MR) is 107 cm³/mol. The molecule has 7 heteroatoms. The van der Waals surface area contributed by atoms with E-state index < -0.39 is 6.04 Å². The van der Waals surface area contributed by atoms with Gasteiger partial charge in [0.15, 0.2) is 5.17 Å². The van der Waals surface area contributed by atoms with E-state index in [-0.39, 0.29) is 11.8 Å². The Bertz CT molecular complexity index is 863. The number of hydrogen-bond acceptors (Lipinski definition) is 5. The molecule has 1 atom stereocenters. The molecule has 3 aliphatic heterocycles. The maximum absolute atomic E-state index is 13.1. The number of carbonyl (C=O) groups is 2. The third-order valence-corrected chi connectivity index (χ3v) is 6.59. The van der Waals surface area contributed by atoms with Crippen LogP contribution in [0.25, 0.3) is 0 Å². The Balaban J connectivity index is 1.46. The summed E-state index contributed by atoms with van der Waals surface area (Å²) in [5.41, 5.74) is 3.27. The molecule has 6 nitrogen and oxygen atoms in total. The number of thioether (sulfide) groups is 1. The molecule has 0 spiro atoms. The highest BCUT2D eigenvalue weighted by Gasteiger charge is 2.40. The van der Waals surface area contributed by atoms with Crippen LogP contribution in [0.1, 0.15) is 25.0 Å². The molecule has 4 rings (SSSR count). The van der Waals surface area contributed by atoms with Crippen LogP contribution in [0.2, 0.25) is 0 Å². The Hall–Kier alpha value is -2.28. The molecule has 1 fully saturated rings. The molecule has 0 N–H and O–H groups in total. The summed E-state index contributed by atoms with van der Waals surface area (Å²) < 4.78 is 0. The van der Waals surface area contributed by atoms with Crippen molar-refractivity contribution in [2.24, 2.45) is 4.99 Å². The first-order valence-electron chi connectivity index (χ1n) is 9.31. The van der Waals surface area contributed by atoms with Crippen LogP contribution in [0, 0.1) is 6.92 Å². The van der Waals surface area contributed by atoms with Crippen molar-refractivity contribution in [3.63, 3.8) is 0 Å². The molecule has 0 saturated carbocycles. The van der Waals surface area contributed by atoms with E-state index in [0.29, 0.717) is 24.5 Å². The number of allylic oxidation sites excluding steroid dienone is 1. The van der Waals surface area contributed by atoms with Gasteiger partial charge in [-0.05, 0) is 38.1 Å². The van der Waals surface area contributed by atoms with E-state index in [0.717, 1.165) is 29.5 Å². The SMILES string of the molecule is CC1=C(C(=O)N2CCN(Cc3cccc(C)c3)C(=O)[C@@H]2C)SC2=NCCN21. The molecule has 0 bridgehead atoms. The normalized spacial score (nSPS) is 22.5. The zero-order chi connectivity index (χ0) is 19.1. The molecule has 1 aromatic rings. The molecule has 27 heavy (non-hydrogen) atoms. The molecule has 0 aromatic heterocycles. The fourth-order valence-electron chi connectivity index (χ4n) is 3.84. The molecular formula is C20H24N4O2S. The van der Waals surface area contributed by atoms with E-state index in [4.69, 9.17) is 0 Å². The second-order valence-electron chi connectivity index (χ2n) is 7.26. The van der Waals surface area contributed by atoms with Gasteiger partial charge < -0.3 is 14.7 Å². The van der Waals surface area contributed by atoms with Gasteiger partial charge in [-0.1, -0.05) is 29.8 Å². The van der Waals surface area contributed by atoms with Crippen molar-refractivity contribution in [3.8, 4) is 0 Å². The highest BCUT2D eigenvalue weighted by Crippen LogP contribution is 2.37. The summed E-state index contributed by atoms with van der Waals surface area (Å²) in [5.74, 6) is -0.0409. The first-order chi connectivity index (χ1) is 13.0. The standard InChI is InChI=1S/C20H24N4O2S/c1-13-5-4-6-16(11-13)12-22-9-10-23(15(3)18(22)25)19(26)17-14(2)24-8-7-21-20(24)27-17/h4-6,11,15H,7-10,12H2,1-3H3/t15-/m0/s1. The van der Waals surface area contributed by atoms with Gasteiger partial charge in [-0.3, -0.25) is 14.6 Å². The minimum Gasteiger partial charge on any atom is -0.335 e. The fraction of sp³-hybridized carbons (Fsp3) is 0.450. The number of hydrogen-bond donors (Lipinski definition) is 0. The van der Waals surface area contributed by atoms with Gasteiger partial charge in [0.2, 0.25) is 5.91 Å². The number of rotatable bonds is 3. The van der Waals surface area contributed by atoms with Crippen LogP contribution in [0.3, 0.4) is 0 Å². The molecule has 1 saturated heterocycles. The summed E-state index contributed by atoms with van der Waals surface area (Å²) >= 11 is 1.44. The number of aryl methyl sites for hydroxylation is 1. The van der Waals surface area contributed by atoms with Crippen molar-refractivity contribution in [3.05, 3.63) is 46.0 Å². The summed E-state index contributed by atoms with van der Waals surface area (Å²) in [6.07, 6.45) is 0. The van der Waals surface area contributed by atoms with Crippen LogP contribution in [0.15, 0.2) is 39.9 Å². The number of fused-ring (bicyclic) bond motifs is 1. The topological polar surface area (TPSA) is 56.2 Å². The van der Waals surface area contributed by atoms with Crippen LogP contribution >= 0.6 is 11.8 Å². The lowest BCUT2D eigenvalue weighted by atomic mass is 10.1. The van der Waals surface area contributed by atoms with Crippen molar-refractivity contribution < 1.29 is 9.59 Å². The predicted octanol–water partition coefficient (Wildman–Crippen LogP) is 2.20. The Morgan fingerprint density at radius 2 is 2.07 bits per heavy atom. The van der Waals surface area contributed by atoms with E-state index in [1.165, 1.54) is 17.3 Å². The number of amidine groups is 1. The third-order valence-electron chi connectivity index (χ3n) is 5.39. The molecular weight excluding hydrogens is 360 g/mol. The lowest BCUT2D eigenvalue weighted by Gasteiger charge is -2.39. The van der Waals surface area contributed by atoms with Crippen molar-refractivity contribution in [2.75, 3.05) is 26.2 Å². The first-order valence-corrected chi connectivity index (χ1v) is 10.1. The minimum absolute atomic E-state index is 0.00944. The summed E-state index contributed by atoms with van der Waals surface area (Å²) in [5, 5.41) is 0.910. The van der Waals surface area contributed by atoms with Crippen LogP contribution in [-0.4, -0.2) is 63.9 Å². The van der Waals surface area contributed by atoms with Crippen molar-refractivity contribution in [1.29, 1.82) is 0 Å². The van der Waals surface area contributed by atoms with E-state index in [1.807, 2.05) is 30.9 Å². The maximum atomic E-state index is 13.1. The number of nitrogens with zero attached hydrogens (tertiary/aromatic N) is 4. The van der Waals surface area contributed by atoms with Gasteiger partial charge in [-0.25, -0.2) is 0 Å². The van der Waals surface area contributed by atoms with Gasteiger partial charge in [0.25, 0.3) is 5.91 Å². The quantitative estimate of drug-likeness (QED) is 0.802. The van der Waals surface area contributed by atoms with Crippen molar-refractivity contribution in [1.82, 2.24) is 14.7 Å². The molecule has 3 heterocycles. The van der Waals surface area contributed by atoms with Crippen LogP contribution in [-0.2, 0) is 16.1 Å². The zero-order valence-corrected chi connectivity index (χ0v) is 16.8. The highest BCUT2D eigenvalue weighted by molar-refractivity contribution is 8.18. The number of aliphatic imine (C=N–C) groups is 1. The summed E-state index contributed by atoms with van der Waals surface area (Å²) in [6.45, 7) is 9.18. The van der Waals surface area contributed by atoms with Gasteiger partial charge in [-0.2, -0.15) is 0 Å². The Morgan fingerprint density at radius 1 is 1.26 bits per heavy atom.